The minimum atomic E-state index is -0.170. The first kappa shape index (κ1) is 18.4. The van der Waals surface area contributed by atoms with E-state index in [2.05, 4.69) is 0 Å². The summed E-state index contributed by atoms with van der Waals surface area (Å²) in [5.41, 5.74) is 0. The lowest BCUT2D eigenvalue weighted by Gasteiger charge is -2.41. The predicted molar refractivity (Wildman–Crippen MR) is 101 cm³/mol. The van der Waals surface area contributed by atoms with E-state index in [0.29, 0.717) is 42.5 Å². The zero-order chi connectivity index (χ0) is 18.1. The molecule has 0 saturated heterocycles. The van der Waals surface area contributed by atoms with Gasteiger partial charge in [0.25, 0.3) is 0 Å². The Morgan fingerprint density at radius 3 is 2.35 bits per heavy atom. The van der Waals surface area contributed by atoms with E-state index < -0.39 is 0 Å². The molecular formula is C23H34O3. The van der Waals surface area contributed by atoms with Gasteiger partial charge in [0.1, 0.15) is 17.3 Å². The van der Waals surface area contributed by atoms with Crippen LogP contribution in [-0.4, -0.2) is 17.3 Å². The van der Waals surface area contributed by atoms with Crippen LogP contribution < -0.4 is 0 Å². The highest BCUT2D eigenvalue weighted by Crippen LogP contribution is 2.45. The van der Waals surface area contributed by atoms with Crippen LogP contribution in [0.1, 0.15) is 89.9 Å². The third-order valence-electron chi connectivity index (χ3n) is 8.12. The maximum atomic E-state index is 13.0. The van der Waals surface area contributed by atoms with Gasteiger partial charge in [-0.1, -0.05) is 44.9 Å². The van der Waals surface area contributed by atoms with Gasteiger partial charge in [0, 0.05) is 36.5 Å². The van der Waals surface area contributed by atoms with Crippen LogP contribution in [0.4, 0.5) is 0 Å². The lowest BCUT2D eigenvalue weighted by Crippen LogP contribution is -2.43. The minimum Gasteiger partial charge on any atom is -0.299 e. The number of ketones is 3. The summed E-state index contributed by atoms with van der Waals surface area (Å²) in [6, 6.07) is 0. The average molecular weight is 359 g/mol. The molecule has 26 heavy (non-hydrogen) atoms. The van der Waals surface area contributed by atoms with Crippen molar-refractivity contribution in [1.82, 2.24) is 0 Å². The van der Waals surface area contributed by atoms with Crippen LogP contribution in [0.5, 0.6) is 0 Å². The predicted octanol–water partition coefficient (Wildman–Crippen LogP) is 4.91. The largest absolute Gasteiger partial charge is 0.299 e. The molecule has 144 valence electrons. The smallest absolute Gasteiger partial charge is 0.140 e. The Hall–Kier alpha value is -0.990. The molecule has 6 atom stereocenters. The average Bonchev–Trinajstić information content (AvgIpc) is 2.69. The molecule has 0 amide bonds. The quantitative estimate of drug-likeness (QED) is 0.718. The summed E-state index contributed by atoms with van der Waals surface area (Å²) in [5.74, 6) is 2.43. The zero-order valence-corrected chi connectivity index (χ0v) is 16.1. The number of carbonyl (C=O) groups excluding carboxylic acids is 3. The van der Waals surface area contributed by atoms with E-state index in [-0.39, 0.29) is 23.7 Å². The highest BCUT2D eigenvalue weighted by Gasteiger charge is 2.44. The minimum absolute atomic E-state index is 0.00421. The number of carbonyl (C=O) groups is 3. The van der Waals surface area contributed by atoms with E-state index in [0.717, 1.165) is 38.0 Å². The molecule has 0 heterocycles. The Labute approximate surface area is 157 Å². The summed E-state index contributed by atoms with van der Waals surface area (Å²) in [7, 11) is 0. The lowest BCUT2D eigenvalue weighted by atomic mass is 9.63. The van der Waals surface area contributed by atoms with Gasteiger partial charge in [-0.25, -0.2) is 0 Å². The summed E-state index contributed by atoms with van der Waals surface area (Å²) in [5, 5.41) is 0. The number of hydrogen-bond donors (Lipinski definition) is 0. The van der Waals surface area contributed by atoms with Crippen LogP contribution >= 0.6 is 0 Å². The topological polar surface area (TPSA) is 51.2 Å². The van der Waals surface area contributed by atoms with Crippen molar-refractivity contribution in [2.45, 2.75) is 89.9 Å². The molecule has 0 aromatic carbocycles. The van der Waals surface area contributed by atoms with E-state index in [1.807, 2.05) is 0 Å². The Morgan fingerprint density at radius 2 is 1.50 bits per heavy atom. The second-order valence-corrected chi connectivity index (χ2v) is 9.52. The molecule has 0 aromatic heterocycles. The monoisotopic (exact) mass is 358 g/mol. The van der Waals surface area contributed by atoms with Gasteiger partial charge in [0.05, 0.1) is 0 Å². The Bertz CT molecular complexity index is 564. The first-order valence-electron chi connectivity index (χ1n) is 11.2. The normalized spacial score (nSPS) is 40.6. The van der Waals surface area contributed by atoms with Gasteiger partial charge < -0.3 is 0 Å². The fourth-order valence-corrected chi connectivity index (χ4v) is 6.74. The van der Waals surface area contributed by atoms with Crippen molar-refractivity contribution < 1.29 is 14.4 Å². The van der Waals surface area contributed by atoms with Crippen LogP contribution in [0.15, 0.2) is 0 Å². The molecule has 0 spiro atoms. The Kier molecular flexibility index (Phi) is 5.61. The van der Waals surface area contributed by atoms with Crippen LogP contribution in [0.2, 0.25) is 0 Å². The van der Waals surface area contributed by atoms with E-state index in [9.17, 15) is 14.4 Å². The van der Waals surface area contributed by atoms with Crippen LogP contribution in [0.3, 0.4) is 0 Å². The second-order valence-electron chi connectivity index (χ2n) is 9.52. The molecule has 4 fully saturated rings. The van der Waals surface area contributed by atoms with Gasteiger partial charge in [-0.15, -0.1) is 0 Å². The molecule has 4 aliphatic carbocycles. The first-order chi connectivity index (χ1) is 12.6. The maximum Gasteiger partial charge on any atom is 0.140 e. The van der Waals surface area contributed by atoms with Gasteiger partial charge in [-0.3, -0.25) is 14.4 Å². The molecule has 0 radical (unpaired) electrons. The number of Topliss-reactive ketones (excluding diaryl/α,β-unsaturated/α-hetero) is 3. The molecule has 4 rings (SSSR count). The Balaban J connectivity index is 1.35. The van der Waals surface area contributed by atoms with Crippen molar-refractivity contribution in [3.05, 3.63) is 0 Å². The summed E-state index contributed by atoms with van der Waals surface area (Å²) in [6.07, 6.45) is 14.3. The molecule has 0 aliphatic heterocycles. The first-order valence-corrected chi connectivity index (χ1v) is 11.2. The third-order valence-corrected chi connectivity index (χ3v) is 8.12. The van der Waals surface area contributed by atoms with Gasteiger partial charge in [0.15, 0.2) is 0 Å². The fraction of sp³-hybridized carbons (Fsp3) is 0.870. The molecule has 6 unspecified atom stereocenters. The van der Waals surface area contributed by atoms with Gasteiger partial charge in [-0.2, -0.15) is 0 Å². The third kappa shape index (κ3) is 3.55. The summed E-state index contributed by atoms with van der Waals surface area (Å²) in [4.78, 5) is 38.3. The van der Waals surface area contributed by atoms with E-state index >= 15 is 0 Å². The van der Waals surface area contributed by atoms with Crippen molar-refractivity contribution in [2.24, 2.45) is 35.5 Å². The van der Waals surface area contributed by atoms with E-state index in [1.54, 1.807) is 0 Å². The number of rotatable bonds is 4. The van der Waals surface area contributed by atoms with Crippen LogP contribution in [-0.2, 0) is 14.4 Å². The van der Waals surface area contributed by atoms with Crippen molar-refractivity contribution in [1.29, 1.82) is 0 Å². The van der Waals surface area contributed by atoms with Crippen LogP contribution in [0.25, 0.3) is 0 Å². The molecule has 0 bridgehead atoms. The SMILES string of the molecule is O=C1CC(CCC(=O)C2CCCC3CCCCC32)C(=O)C2CCCCC12. The van der Waals surface area contributed by atoms with E-state index in [4.69, 9.17) is 0 Å². The standard InChI is InChI=1S/C23H34O3/c24-21(18-11-5-7-15-6-1-2-8-17(15)18)13-12-16-14-22(25)19-9-3-4-10-20(19)23(16)26/h15-20H,1-14H2. The summed E-state index contributed by atoms with van der Waals surface area (Å²) >= 11 is 0. The number of hydrogen-bond acceptors (Lipinski definition) is 3. The Morgan fingerprint density at radius 1 is 0.808 bits per heavy atom. The van der Waals surface area contributed by atoms with E-state index in [1.165, 1.54) is 38.5 Å². The van der Waals surface area contributed by atoms with Gasteiger partial charge in [-0.05, 0) is 43.9 Å². The number of fused-ring (bicyclic) bond motifs is 2. The summed E-state index contributed by atoms with van der Waals surface area (Å²) < 4.78 is 0. The zero-order valence-electron chi connectivity index (χ0n) is 16.1. The van der Waals surface area contributed by atoms with Gasteiger partial charge in [0.2, 0.25) is 0 Å². The van der Waals surface area contributed by atoms with Gasteiger partial charge >= 0.3 is 0 Å². The molecule has 4 saturated carbocycles. The maximum absolute atomic E-state index is 13.0. The van der Waals surface area contributed by atoms with Crippen molar-refractivity contribution in [3.8, 4) is 0 Å². The lowest BCUT2D eigenvalue weighted by molar-refractivity contribution is -0.144. The van der Waals surface area contributed by atoms with Crippen molar-refractivity contribution in [3.63, 3.8) is 0 Å². The molecule has 3 nitrogen and oxygen atoms in total. The van der Waals surface area contributed by atoms with Crippen molar-refractivity contribution in [2.75, 3.05) is 0 Å². The fourth-order valence-electron chi connectivity index (χ4n) is 6.74. The molecule has 0 N–H and O–H groups in total. The molecule has 0 aromatic rings. The van der Waals surface area contributed by atoms with Crippen LogP contribution in [0, 0.1) is 35.5 Å². The highest BCUT2D eigenvalue weighted by atomic mass is 16.1. The second kappa shape index (κ2) is 7.94. The van der Waals surface area contributed by atoms with Crippen molar-refractivity contribution >= 4 is 17.3 Å². The molecule has 3 heteroatoms. The highest BCUT2D eigenvalue weighted by molar-refractivity contribution is 5.98. The summed E-state index contributed by atoms with van der Waals surface area (Å²) in [6.45, 7) is 0. The molecular weight excluding hydrogens is 324 g/mol. The molecule has 4 aliphatic rings.